The average molecular weight is 475 g/mol. The lowest BCUT2D eigenvalue weighted by atomic mass is 9.91. The number of rotatable bonds is 6. The van der Waals surface area contributed by atoms with Crippen molar-refractivity contribution in [2.24, 2.45) is 0 Å². The van der Waals surface area contributed by atoms with Gasteiger partial charge in [0.25, 0.3) is 5.91 Å². The predicted molar refractivity (Wildman–Crippen MR) is 127 cm³/mol. The molecule has 0 spiro atoms. The second kappa shape index (κ2) is 8.87. The van der Waals surface area contributed by atoms with Gasteiger partial charge in [-0.05, 0) is 51.5 Å². The summed E-state index contributed by atoms with van der Waals surface area (Å²) in [6.07, 6.45) is 8.50. The average Bonchev–Trinajstić information content (AvgIpc) is 3.41. The zero-order chi connectivity index (χ0) is 24.6. The highest BCUT2D eigenvalue weighted by Crippen LogP contribution is 2.39. The third kappa shape index (κ3) is 4.87. The number of aromatic nitrogens is 4. The van der Waals surface area contributed by atoms with Gasteiger partial charge in [0.1, 0.15) is 11.8 Å². The lowest BCUT2D eigenvalue weighted by molar-refractivity contribution is 0.0923. The molecule has 0 aliphatic heterocycles. The van der Waals surface area contributed by atoms with Crippen molar-refractivity contribution in [2.45, 2.75) is 63.1 Å². The molecule has 2 amide bonds. The molecule has 2 fully saturated rings. The number of amides is 2. The Balaban J connectivity index is 1.38. The van der Waals surface area contributed by atoms with Gasteiger partial charge < -0.3 is 21.1 Å². The number of carbonyl (C=O) groups excluding carboxylic acids is 1. The van der Waals surface area contributed by atoms with Crippen molar-refractivity contribution >= 4 is 23.3 Å². The molecule has 11 heteroatoms. The number of nitrogens with zero attached hydrogens (tertiary/aromatic N) is 5. The van der Waals surface area contributed by atoms with Crippen LogP contribution in [-0.2, 0) is 0 Å². The fourth-order valence-electron chi connectivity index (χ4n) is 4.45. The van der Waals surface area contributed by atoms with Gasteiger partial charge in [0.15, 0.2) is 5.65 Å². The van der Waals surface area contributed by atoms with Crippen molar-refractivity contribution < 1.29 is 14.7 Å². The van der Waals surface area contributed by atoms with Crippen LogP contribution in [-0.4, -0.2) is 54.3 Å². The first kappa shape index (κ1) is 22.6. The summed E-state index contributed by atoms with van der Waals surface area (Å²) in [6, 6.07) is 5.47. The molecule has 4 N–H and O–H groups in total. The molecule has 0 aromatic carbocycles. The second-order valence-corrected chi connectivity index (χ2v) is 9.54. The summed E-state index contributed by atoms with van der Waals surface area (Å²) in [5.74, 6) is -0.208. The van der Waals surface area contributed by atoms with Crippen LogP contribution in [0.2, 0.25) is 0 Å². The van der Waals surface area contributed by atoms with E-state index in [4.69, 9.17) is 10.4 Å². The third-order valence-corrected chi connectivity index (χ3v) is 6.73. The van der Waals surface area contributed by atoms with E-state index in [2.05, 4.69) is 44.0 Å². The van der Waals surface area contributed by atoms with Gasteiger partial charge in [0.05, 0.1) is 34.9 Å². The van der Waals surface area contributed by atoms with Crippen molar-refractivity contribution in [3.63, 3.8) is 0 Å². The number of fused-ring (bicyclic) bond motifs is 1. The van der Waals surface area contributed by atoms with Crippen LogP contribution in [0.1, 0.15) is 61.4 Å². The van der Waals surface area contributed by atoms with Gasteiger partial charge >= 0.3 is 6.09 Å². The summed E-state index contributed by atoms with van der Waals surface area (Å²) in [7, 11) is 0. The Labute approximate surface area is 201 Å². The molecule has 11 nitrogen and oxygen atoms in total. The Morgan fingerprint density at radius 2 is 1.80 bits per heavy atom. The van der Waals surface area contributed by atoms with Crippen LogP contribution in [0, 0.1) is 11.3 Å². The summed E-state index contributed by atoms with van der Waals surface area (Å²) in [5, 5.41) is 31.5. The maximum absolute atomic E-state index is 13.2. The molecule has 3 aromatic heterocycles. The fourth-order valence-corrected chi connectivity index (χ4v) is 4.45. The second-order valence-electron chi connectivity index (χ2n) is 9.54. The van der Waals surface area contributed by atoms with Crippen molar-refractivity contribution in [1.29, 1.82) is 5.26 Å². The van der Waals surface area contributed by atoms with Crippen molar-refractivity contribution in [3.05, 3.63) is 41.9 Å². The SMILES string of the molecule is CC1(Nc2cc(-c3cnc4cc(C#N)cnn34)ncc2C(=O)N[C@H]2CC[C@H](NC(=O)O)CC2)CC1. The quantitative estimate of drug-likeness (QED) is 0.425. The highest BCUT2D eigenvalue weighted by Gasteiger charge is 2.38. The van der Waals surface area contributed by atoms with Crippen molar-refractivity contribution in [2.75, 3.05) is 5.32 Å². The van der Waals surface area contributed by atoms with Crippen LogP contribution in [0.5, 0.6) is 0 Å². The topological polar surface area (TPSA) is 157 Å². The summed E-state index contributed by atoms with van der Waals surface area (Å²) in [6.45, 7) is 2.12. The van der Waals surface area contributed by atoms with Crippen LogP contribution >= 0.6 is 0 Å². The smallest absolute Gasteiger partial charge is 0.404 e. The number of anilines is 1. The van der Waals surface area contributed by atoms with Gasteiger partial charge in [0, 0.05) is 29.9 Å². The maximum Gasteiger partial charge on any atom is 0.404 e. The van der Waals surface area contributed by atoms with E-state index < -0.39 is 6.09 Å². The van der Waals surface area contributed by atoms with Gasteiger partial charge in [0.2, 0.25) is 0 Å². The van der Waals surface area contributed by atoms with E-state index >= 15 is 0 Å². The Morgan fingerprint density at radius 3 is 2.46 bits per heavy atom. The number of carboxylic acid groups (broad SMARTS) is 1. The minimum atomic E-state index is -1.01. The van der Waals surface area contributed by atoms with Gasteiger partial charge in [-0.15, -0.1) is 0 Å². The monoisotopic (exact) mass is 474 g/mol. The summed E-state index contributed by atoms with van der Waals surface area (Å²) in [5.41, 5.74) is 3.32. The molecule has 2 aliphatic carbocycles. The highest BCUT2D eigenvalue weighted by atomic mass is 16.4. The predicted octanol–water partition coefficient (Wildman–Crippen LogP) is 2.94. The number of hydrogen-bond acceptors (Lipinski definition) is 7. The molecular formula is C24H26N8O3. The largest absolute Gasteiger partial charge is 0.465 e. The van der Waals surface area contributed by atoms with Gasteiger partial charge in [-0.1, -0.05) is 0 Å². The molecule has 0 unspecified atom stereocenters. The summed E-state index contributed by atoms with van der Waals surface area (Å²) in [4.78, 5) is 33.0. The molecule has 0 radical (unpaired) electrons. The van der Waals surface area contributed by atoms with E-state index in [-0.39, 0.29) is 23.5 Å². The van der Waals surface area contributed by atoms with Crippen LogP contribution in [0.4, 0.5) is 10.5 Å². The molecule has 2 aliphatic rings. The van der Waals surface area contributed by atoms with Gasteiger partial charge in [-0.3, -0.25) is 9.78 Å². The lowest BCUT2D eigenvalue weighted by Gasteiger charge is -2.29. The van der Waals surface area contributed by atoms with E-state index in [0.717, 1.165) is 12.8 Å². The van der Waals surface area contributed by atoms with Crippen LogP contribution < -0.4 is 16.0 Å². The Hall–Kier alpha value is -4.20. The standard InChI is InChI=1S/C24H26N8O3/c1-24(6-7-24)31-18-9-19(20-13-27-21-8-14(10-25)11-28-32(20)21)26-12-17(18)22(33)29-15-2-4-16(5-3-15)30-23(34)35/h8-9,11-13,15-16,30H,2-7H2,1H3,(H,26,31)(H,29,33)(H,34,35)/t15-,16-. The normalized spacial score (nSPS) is 20.6. The zero-order valence-corrected chi connectivity index (χ0v) is 19.3. The van der Waals surface area contributed by atoms with E-state index in [0.29, 0.717) is 59.5 Å². The Morgan fingerprint density at radius 1 is 1.09 bits per heavy atom. The van der Waals surface area contributed by atoms with Gasteiger partial charge in [-0.2, -0.15) is 10.4 Å². The highest BCUT2D eigenvalue weighted by molar-refractivity contribution is 6.00. The first-order valence-corrected chi connectivity index (χ1v) is 11.7. The number of imidazole rings is 1. The minimum Gasteiger partial charge on any atom is -0.465 e. The number of hydrogen-bond donors (Lipinski definition) is 4. The van der Waals surface area contributed by atoms with E-state index in [1.54, 1.807) is 23.0 Å². The number of pyridine rings is 1. The maximum atomic E-state index is 13.2. The summed E-state index contributed by atoms with van der Waals surface area (Å²) < 4.78 is 1.62. The molecule has 35 heavy (non-hydrogen) atoms. The molecule has 0 atom stereocenters. The molecule has 5 rings (SSSR count). The van der Waals surface area contributed by atoms with E-state index in [1.807, 2.05) is 6.07 Å². The lowest BCUT2D eigenvalue weighted by Crippen LogP contribution is -2.43. The molecule has 0 saturated heterocycles. The van der Waals surface area contributed by atoms with Gasteiger partial charge in [-0.25, -0.2) is 14.3 Å². The Kier molecular flexibility index (Phi) is 5.72. The molecule has 180 valence electrons. The molecule has 0 bridgehead atoms. The van der Waals surface area contributed by atoms with E-state index in [9.17, 15) is 9.59 Å². The van der Waals surface area contributed by atoms with Crippen LogP contribution in [0.25, 0.3) is 17.0 Å². The first-order valence-electron chi connectivity index (χ1n) is 11.7. The fraction of sp³-hybridized carbons (Fsp3) is 0.417. The van der Waals surface area contributed by atoms with E-state index in [1.165, 1.54) is 6.20 Å². The molecule has 3 heterocycles. The first-order chi connectivity index (χ1) is 16.8. The van der Waals surface area contributed by atoms with Crippen molar-refractivity contribution in [1.82, 2.24) is 30.2 Å². The number of nitriles is 1. The minimum absolute atomic E-state index is 0.0179. The molecular weight excluding hydrogens is 448 g/mol. The van der Waals surface area contributed by atoms with Crippen LogP contribution in [0.15, 0.2) is 30.7 Å². The van der Waals surface area contributed by atoms with Crippen molar-refractivity contribution in [3.8, 4) is 17.5 Å². The number of nitrogens with one attached hydrogen (secondary N) is 3. The number of carbonyl (C=O) groups is 2. The Bertz CT molecular complexity index is 1330. The third-order valence-electron chi connectivity index (χ3n) is 6.73. The molecule has 2 saturated carbocycles. The molecule has 3 aromatic rings. The summed E-state index contributed by atoms with van der Waals surface area (Å²) >= 11 is 0. The zero-order valence-electron chi connectivity index (χ0n) is 19.3. The van der Waals surface area contributed by atoms with Crippen LogP contribution in [0.3, 0.4) is 0 Å².